The molecule has 0 spiro atoms. The van der Waals surface area contributed by atoms with Crippen LogP contribution in [0.4, 0.5) is 5.95 Å². The van der Waals surface area contributed by atoms with Crippen molar-refractivity contribution < 1.29 is 0 Å². The van der Waals surface area contributed by atoms with Crippen molar-refractivity contribution in [3.63, 3.8) is 0 Å². The first-order valence-electron chi connectivity index (χ1n) is 4.05. The average molecular weight is 165 g/mol. The number of hydrogen-bond donors (Lipinski definition) is 1. The van der Waals surface area contributed by atoms with E-state index < -0.39 is 0 Å². The molecule has 0 saturated carbocycles. The molecule has 0 atom stereocenters. The van der Waals surface area contributed by atoms with Crippen LogP contribution in [0.25, 0.3) is 0 Å². The maximum atomic E-state index is 4.24. The minimum absolute atomic E-state index is 0.0216. The Labute approximate surface area is 73.2 Å². The Morgan fingerprint density at radius 1 is 1.33 bits per heavy atom. The van der Waals surface area contributed by atoms with Crippen LogP contribution in [0.15, 0.2) is 12.3 Å². The van der Waals surface area contributed by atoms with Gasteiger partial charge in [0.1, 0.15) is 0 Å². The highest BCUT2D eigenvalue weighted by Crippen LogP contribution is 2.08. The number of anilines is 1. The van der Waals surface area contributed by atoms with Crippen LogP contribution in [0, 0.1) is 6.92 Å². The third kappa shape index (κ3) is 2.86. The third-order valence-corrected chi connectivity index (χ3v) is 1.28. The molecule has 1 heterocycles. The molecule has 0 aliphatic rings. The van der Waals surface area contributed by atoms with E-state index in [4.69, 9.17) is 0 Å². The molecule has 0 bridgehead atoms. The van der Waals surface area contributed by atoms with Gasteiger partial charge in [-0.05, 0) is 33.8 Å². The maximum Gasteiger partial charge on any atom is 0.223 e. The van der Waals surface area contributed by atoms with Crippen molar-refractivity contribution in [2.75, 3.05) is 5.32 Å². The maximum absolute atomic E-state index is 4.24. The lowest BCUT2D eigenvalue weighted by molar-refractivity contribution is 0.625. The zero-order valence-corrected chi connectivity index (χ0v) is 8.05. The first-order chi connectivity index (χ1) is 5.47. The highest BCUT2D eigenvalue weighted by Gasteiger charge is 2.10. The van der Waals surface area contributed by atoms with E-state index >= 15 is 0 Å². The Balaban J connectivity index is 2.77. The first-order valence-corrected chi connectivity index (χ1v) is 4.05. The van der Waals surface area contributed by atoms with Crippen LogP contribution >= 0.6 is 0 Å². The summed E-state index contributed by atoms with van der Waals surface area (Å²) in [6.07, 6.45) is 1.76. The van der Waals surface area contributed by atoms with Crippen molar-refractivity contribution in [1.29, 1.82) is 0 Å². The van der Waals surface area contributed by atoms with E-state index in [-0.39, 0.29) is 5.54 Å². The zero-order chi connectivity index (χ0) is 9.19. The number of hydrogen-bond acceptors (Lipinski definition) is 3. The monoisotopic (exact) mass is 165 g/mol. The third-order valence-electron chi connectivity index (χ3n) is 1.28. The highest BCUT2D eigenvalue weighted by atomic mass is 15.1. The molecule has 1 rings (SSSR count). The lowest BCUT2D eigenvalue weighted by atomic mass is 10.1. The van der Waals surface area contributed by atoms with Gasteiger partial charge < -0.3 is 5.32 Å². The first kappa shape index (κ1) is 8.97. The SMILES string of the molecule is Cc1ccnc(NC(C)(C)C)n1. The minimum Gasteiger partial charge on any atom is -0.350 e. The second kappa shape index (κ2) is 3.09. The molecule has 0 aliphatic heterocycles. The fraction of sp³-hybridized carbons (Fsp3) is 0.556. The van der Waals surface area contributed by atoms with Crippen molar-refractivity contribution in [2.45, 2.75) is 33.2 Å². The summed E-state index contributed by atoms with van der Waals surface area (Å²) < 4.78 is 0. The van der Waals surface area contributed by atoms with E-state index in [1.165, 1.54) is 0 Å². The molecule has 1 N–H and O–H groups in total. The normalized spacial score (nSPS) is 11.3. The Bertz CT molecular complexity index is 263. The Kier molecular flexibility index (Phi) is 2.31. The van der Waals surface area contributed by atoms with Crippen LogP contribution in [0.3, 0.4) is 0 Å². The van der Waals surface area contributed by atoms with Crippen molar-refractivity contribution >= 4 is 5.95 Å². The molecule has 0 unspecified atom stereocenters. The van der Waals surface area contributed by atoms with Gasteiger partial charge in [-0.1, -0.05) is 0 Å². The molecule has 12 heavy (non-hydrogen) atoms. The van der Waals surface area contributed by atoms with E-state index in [2.05, 4.69) is 36.1 Å². The van der Waals surface area contributed by atoms with Crippen molar-refractivity contribution in [2.24, 2.45) is 0 Å². The Morgan fingerprint density at radius 2 is 2.00 bits per heavy atom. The van der Waals surface area contributed by atoms with E-state index in [1.807, 2.05) is 13.0 Å². The Morgan fingerprint density at radius 3 is 2.50 bits per heavy atom. The van der Waals surface area contributed by atoms with Crippen LogP contribution in [0.1, 0.15) is 26.5 Å². The number of aromatic nitrogens is 2. The number of nitrogens with zero attached hydrogens (tertiary/aromatic N) is 2. The van der Waals surface area contributed by atoms with E-state index in [1.54, 1.807) is 6.20 Å². The van der Waals surface area contributed by atoms with Crippen LogP contribution in [-0.4, -0.2) is 15.5 Å². The average Bonchev–Trinajstić information content (AvgIpc) is 1.82. The second-order valence-electron chi connectivity index (χ2n) is 3.90. The minimum atomic E-state index is 0.0216. The van der Waals surface area contributed by atoms with Gasteiger partial charge in [0.05, 0.1) is 0 Å². The number of rotatable bonds is 1. The number of nitrogens with one attached hydrogen (secondary N) is 1. The molecular weight excluding hydrogens is 150 g/mol. The highest BCUT2D eigenvalue weighted by molar-refractivity contribution is 5.27. The summed E-state index contributed by atoms with van der Waals surface area (Å²) in [7, 11) is 0. The quantitative estimate of drug-likeness (QED) is 0.691. The fourth-order valence-corrected chi connectivity index (χ4v) is 0.845. The number of aryl methyl sites for hydroxylation is 1. The van der Waals surface area contributed by atoms with Gasteiger partial charge in [0.2, 0.25) is 5.95 Å². The molecule has 0 aliphatic carbocycles. The Hall–Kier alpha value is -1.12. The van der Waals surface area contributed by atoms with Gasteiger partial charge in [-0.2, -0.15) is 0 Å². The molecule has 66 valence electrons. The van der Waals surface area contributed by atoms with Gasteiger partial charge in [-0.15, -0.1) is 0 Å². The fourth-order valence-electron chi connectivity index (χ4n) is 0.845. The van der Waals surface area contributed by atoms with Crippen LogP contribution < -0.4 is 5.32 Å². The molecule has 0 fully saturated rings. The molecule has 0 radical (unpaired) electrons. The summed E-state index contributed by atoms with van der Waals surface area (Å²) in [5.41, 5.74) is 1.00. The van der Waals surface area contributed by atoms with E-state index in [0.29, 0.717) is 5.95 Å². The smallest absolute Gasteiger partial charge is 0.223 e. The van der Waals surface area contributed by atoms with Crippen LogP contribution in [-0.2, 0) is 0 Å². The lowest BCUT2D eigenvalue weighted by Crippen LogP contribution is -2.27. The van der Waals surface area contributed by atoms with Crippen LogP contribution in [0.2, 0.25) is 0 Å². The van der Waals surface area contributed by atoms with Gasteiger partial charge in [0.15, 0.2) is 0 Å². The van der Waals surface area contributed by atoms with Crippen LogP contribution in [0.5, 0.6) is 0 Å². The molecule has 1 aromatic heterocycles. The van der Waals surface area contributed by atoms with Gasteiger partial charge >= 0.3 is 0 Å². The second-order valence-corrected chi connectivity index (χ2v) is 3.90. The molecular formula is C9H15N3. The molecule has 0 aromatic carbocycles. The molecule has 0 saturated heterocycles. The van der Waals surface area contributed by atoms with Gasteiger partial charge in [-0.3, -0.25) is 0 Å². The predicted molar refractivity (Wildman–Crippen MR) is 50.1 cm³/mol. The summed E-state index contributed by atoms with van der Waals surface area (Å²) in [6.45, 7) is 8.20. The van der Waals surface area contributed by atoms with E-state index in [0.717, 1.165) is 5.69 Å². The zero-order valence-electron chi connectivity index (χ0n) is 8.05. The molecule has 3 nitrogen and oxygen atoms in total. The van der Waals surface area contributed by atoms with Crippen molar-refractivity contribution in [1.82, 2.24) is 9.97 Å². The van der Waals surface area contributed by atoms with Gasteiger partial charge in [0.25, 0.3) is 0 Å². The van der Waals surface area contributed by atoms with Crippen molar-refractivity contribution in [3.8, 4) is 0 Å². The standard InChI is InChI=1S/C9H15N3/c1-7-5-6-10-8(11-7)12-9(2,3)4/h5-6H,1-4H3,(H,10,11,12). The molecule has 1 aromatic rings. The summed E-state index contributed by atoms with van der Waals surface area (Å²) in [5.74, 6) is 0.697. The van der Waals surface area contributed by atoms with Crippen molar-refractivity contribution in [3.05, 3.63) is 18.0 Å². The van der Waals surface area contributed by atoms with Gasteiger partial charge in [0, 0.05) is 17.4 Å². The molecule has 3 heteroatoms. The van der Waals surface area contributed by atoms with E-state index in [9.17, 15) is 0 Å². The topological polar surface area (TPSA) is 37.8 Å². The summed E-state index contributed by atoms with van der Waals surface area (Å²) in [4.78, 5) is 8.34. The summed E-state index contributed by atoms with van der Waals surface area (Å²) >= 11 is 0. The largest absolute Gasteiger partial charge is 0.350 e. The predicted octanol–water partition coefficient (Wildman–Crippen LogP) is 2.00. The molecule has 0 amide bonds. The lowest BCUT2D eigenvalue weighted by Gasteiger charge is -2.20. The summed E-state index contributed by atoms with van der Waals surface area (Å²) in [5, 5.41) is 3.20. The summed E-state index contributed by atoms with van der Waals surface area (Å²) in [6, 6.07) is 1.88. The van der Waals surface area contributed by atoms with Gasteiger partial charge in [-0.25, -0.2) is 9.97 Å².